The smallest absolute Gasteiger partial charge is 0.000199 e. The van der Waals surface area contributed by atoms with Gasteiger partial charge in [-0.1, -0.05) is 66.5 Å². The topological polar surface area (TPSA) is 0 Å². The lowest BCUT2D eigenvalue weighted by molar-refractivity contribution is -0.189. The Morgan fingerprint density at radius 3 is 2.27 bits per heavy atom. The molecule has 8 unspecified atom stereocenters. The summed E-state index contributed by atoms with van der Waals surface area (Å²) < 4.78 is 0. The molecule has 0 aromatic rings. The lowest BCUT2D eigenvalue weighted by Gasteiger charge is -2.68. The number of hydrogen-bond acceptors (Lipinski definition) is 0. The minimum atomic E-state index is 0.491. The van der Waals surface area contributed by atoms with Gasteiger partial charge < -0.3 is 0 Å². The number of hydrogen-bond donors (Lipinski definition) is 0. The van der Waals surface area contributed by atoms with Crippen molar-refractivity contribution in [1.29, 1.82) is 0 Å². The molecule has 8 atom stereocenters. The van der Waals surface area contributed by atoms with Crippen molar-refractivity contribution in [2.24, 2.45) is 56.7 Å². The van der Waals surface area contributed by atoms with Gasteiger partial charge in [-0.2, -0.15) is 0 Å². The molecule has 0 aromatic heterocycles. The van der Waals surface area contributed by atoms with Crippen molar-refractivity contribution in [3.05, 3.63) is 11.6 Å². The van der Waals surface area contributed by atoms with Gasteiger partial charge >= 0.3 is 0 Å². The molecule has 0 radical (unpaired) electrons. The second kappa shape index (κ2) is 6.41. The molecule has 0 aromatic carbocycles. The average molecular weight is 411 g/mol. The van der Waals surface area contributed by atoms with Crippen LogP contribution in [-0.2, 0) is 0 Å². The summed E-state index contributed by atoms with van der Waals surface area (Å²) in [6.07, 6.45) is 17.4. The molecule has 0 amide bonds. The molecule has 30 heavy (non-hydrogen) atoms. The lowest BCUT2D eigenvalue weighted by Crippen LogP contribution is -2.61. The summed E-state index contributed by atoms with van der Waals surface area (Å²) in [5.41, 5.74) is 4.47. The van der Waals surface area contributed by atoms with Crippen LogP contribution in [0, 0.1) is 56.7 Å². The molecule has 4 saturated carbocycles. The van der Waals surface area contributed by atoms with E-state index < -0.39 is 0 Å². The molecule has 5 aliphatic rings. The predicted octanol–water partition coefficient (Wildman–Crippen LogP) is 9.05. The third-order valence-electron chi connectivity index (χ3n) is 13.3. The van der Waals surface area contributed by atoms with Gasteiger partial charge in [0.2, 0.25) is 0 Å². The summed E-state index contributed by atoms with van der Waals surface area (Å²) in [7, 11) is 0. The fraction of sp³-hybridized carbons (Fsp3) is 0.933. The quantitative estimate of drug-likeness (QED) is 0.378. The van der Waals surface area contributed by atoms with E-state index in [0.717, 1.165) is 29.6 Å². The molecule has 1 spiro atoms. The molecule has 170 valence electrons. The molecule has 4 fully saturated rings. The second-order valence-corrected chi connectivity index (χ2v) is 14.4. The normalized spacial score (nSPS) is 54.6. The van der Waals surface area contributed by atoms with E-state index in [0.29, 0.717) is 27.1 Å². The summed E-state index contributed by atoms with van der Waals surface area (Å²) in [6, 6.07) is 0. The van der Waals surface area contributed by atoms with Crippen molar-refractivity contribution < 1.29 is 0 Å². The Kier molecular flexibility index (Phi) is 4.61. The van der Waals surface area contributed by atoms with Crippen LogP contribution in [0.5, 0.6) is 0 Å². The van der Waals surface area contributed by atoms with E-state index in [-0.39, 0.29) is 0 Å². The van der Waals surface area contributed by atoms with Crippen LogP contribution in [0.15, 0.2) is 11.6 Å². The highest BCUT2D eigenvalue weighted by molar-refractivity contribution is 5.33. The Bertz CT molecular complexity index is 741. The van der Waals surface area contributed by atoms with Crippen molar-refractivity contribution in [3.8, 4) is 0 Å². The highest BCUT2D eigenvalue weighted by Crippen LogP contribution is 2.80. The van der Waals surface area contributed by atoms with Gasteiger partial charge in [-0.25, -0.2) is 0 Å². The van der Waals surface area contributed by atoms with Crippen LogP contribution in [0.3, 0.4) is 0 Å². The SMILES string of the molecule is CC1=CCC(C(C)C)C12CCC1(C)C3CCC4C(C)(C)CCCC4(C)C3CCC12C. The molecule has 5 rings (SSSR count). The second-order valence-electron chi connectivity index (χ2n) is 14.4. The first-order valence-electron chi connectivity index (χ1n) is 13.6. The van der Waals surface area contributed by atoms with Crippen molar-refractivity contribution in [2.45, 2.75) is 120 Å². The molecule has 0 saturated heterocycles. The van der Waals surface area contributed by atoms with E-state index in [9.17, 15) is 0 Å². The van der Waals surface area contributed by atoms with Gasteiger partial charge in [-0.05, 0) is 116 Å². The standard InChI is InChI=1S/C30H50/c1-20(2)22-11-10-21(3)30(22)19-18-28(7)24-12-13-25-26(4,5)15-9-16-27(25,6)23(24)14-17-29(28,30)8/h10,20,22-25H,9,11-19H2,1-8H3. The Morgan fingerprint density at radius 2 is 1.57 bits per heavy atom. The number of fused-ring (bicyclic) bond motifs is 6. The Hall–Kier alpha value is -0.260. The molecule has 0 nitrogen and oxygen atoms in total. The first kappa shape index (κ1) is 21.6. The van der Waals surface area contributed by atoms with E-state index in [1.165, 1.54) is 64.2 Å². The Labute approximate surface area is 188 Å². The van der Waals surface area contributed by atoms with Gasteiger partial charge in [0, 0.05) is 5.41 Å². The third kappa shape index (κ3) is 2.31. The summed E-state index contributed by atoms with van der Waals surface area (Å²) in [5, 5.41) is 0. The van der Waals surface area contributed by atoms with Gasteiger partial charge in [-0.15, -0.1) is 0 Å². The molecular weight excluding hydrogens is 360 g/mol. The third-order valence-corrected chi connectivity index (χ3v) is 13.3. The average Bonchev–Trinajstić information content (AvgIpc) is 3.12. The summed E-state index contributed by atoms with van der Waals surface area (Å²) in [4.78, 5) is 0. The van der Waals surface area contributed by atoms with Crippen LogP contribution in [-0.4, -0.2) is 0 Å². The largest absolute Gasteiger partial charge is 0.0847 e. The first-order valence-corrected chi connectivity index (χ1v) is 13.6. The van der Waals surface area contributed by atoms with Crippen LogP contribution < -0.4 is 0 Å². The van der Waals surface area contributed by atoms with E-state index in [1.807, 2.05) is 0 Å². The number of rotatable bonds is 1. The Balaban J connectivity index is 1.56. The molecule has 0 aliphatic heterocycles. The molecule has 0 heteroatoms. The van der Waals surface area contributed by atoms with E-state index in [1.54, 1.807) is 5.57 Å². The Morgan fingerprint density at radius 1 is 0.833 bits per heavy atom. The van der Waals surface area contributed by atoms with Crippen LogP contribution in [0.25, 0.3) is 0 Å². The lowest BCUT2D eigenvalue weighted by atomic mass is 9.36. The van der Waals surface area contributed by atoms with Gasteiger partial charge in [-0.3, -0.25) is 0 Å². The van der Waals surface area contributed by atoms with Gasteiger partial charge in [0.15, 0.2) is 0 Å². The minimum absolute atomic E-state index is 0.491. The predicted molar refractivity (Wildman–Crippen MR) is 129 cm³/mol. The van der Waals surface area contributed by atoms with Gasteiger partial charge in [0.1, 0.15) is 0 Å². The molecular formula is C30H50. The van der Waals surface area contributed by atoms with Gasteiger partial charge in [0.05, 0.1) is 0 Å². The fourth-order valence-corrected chi connectivity index (χ4v) is 11.7. The molecule has 0 heterocycles. The van der Waals surface area contributed by atoms with Crippen LogP contribution in [0.1, 0.15) is 120 Å². The summed E-state index contributed by atoms with van der Waals surface area (Å²) in [6.45, 7) is 21.1. The fourth-order valence-electron chi connectivity index (χ4n) is 11.7. The van der Waals surface area contributed by atoms with Crippen LogP contribution in [0.4, 0.5) is 0 Å². The zero-order valence-electron chi connectivity index (χ0n) is 21.5. The van der Waals surface area contributed by atoms with Gasteiger partial charge in [0.25, 0.3) is 0 Å². The van der Waals surface area contributed by atoms with Crippen LogP contribution >= 0.6 is 0 Å². The van der Waals surface area contributed by atoms with Crippen molar-refractivity contribution in [1.82, 2.24) is 0 Å². The summed E-state index contributed by atoms with van der Waals surface area (Å²) in [5.74, 6) is 4.59. The monoisotopic (exact) mass is 410 g/mol. The maximum atomic E-state index is 2.79. The van der Waals surface area contributed by atoms with E-state index in [4.69, 9.17) is 0 Å². The number of allylic oxidation sites excluding steroid dienone is 2. The maximum absolute atomic E-state index is 2.79. The molecule has 0 bridgehead atoms. The highest BCUT2D eigenvalue weighted by atomic mass is 14.8. The van der Waals surface area contributed by atoms with Crippen molar-refractivity contribution in [2.75, 3.05) is 0 Å². The first-order chi connectivity index (χ1) is 13.9. The van der Waals surface area contributed by atoms with Crippen LogP contribution in [0.2, 0.25) is 0 Å². The zero-order valence-corrected chi connectivity index (χ0v) is 21.5. The van der Waals surface area contributed by atoms with Crippen molar-refractivity contribution in [3.63, 3.8) is 0 Å². The maximum Gasteiger partial charge on any atom is 0.000199 e. The van der Waals surface area contributed by atoms with Crippen molar-refractivity contribution >= 4 is 0 Å². The molecule has 0 N–H and O–H groups in total. The highest BCUT2D eigenvalue weighted by Gasteiger charge is 2.72. The summed E-state index contributed by atoms with van der Waals surface area (Å²) >= 11 is 0. The molecule has 5 aliphatic carbocycles. The zero-order chi connectivity index (χ0) is 21.7. The van der Waals surface area contributed by atoms with E-state index in [2.05, 4.69) is 61.5 Å². The minimum Gasteiger partial charge on any atom is -0.0847 e. The van der Waals surface area contributed by atoms with E-state index >= 15 is 0 Å².